The summed E-state index contributed by atoms with van der Waals surface area (Å²) in [5.41, 5.74) is 0.0668. The van der Waals surface area contributed by atoms with E-state index in [1.807, 2.05) is 0 Å². The van der Waals surface area contributed by atoms with Crippen LogP contribution in [0.5, 0.6) is 0 Å². The first-order valence-corrected chi connectivity index (χ1v) is 6.56. The molecule has 0 spiro atoms. The molecule has 0 aliphatic rings. The summed E-state index contributed by atoms with van der Waals surface area (Å²) in [6.45, 7) is 2.06. The molecule has 0 atom stereocenters. The number of carboxylic acid groups (broad SMARTS) is 1. The highest BCUT2D eigenvalue weighted by Gasteiger charge is 2.16. The zero-order valence-corrected chi connectivity index (χ0v) is 11.6. The normalized spacial score (nSPS) is 10.7. The number of likely N-dealkylation sites (N-methyl/N-ethyl adjacent to an activating group) is 1. The van der Waals surface area contributed by atoms with Gasteiger partial charge in [-0.3, -0.25) is 14.0 Å². The summed E-state index contributed by atoms with van der Waals surface area (Å²) in [7, 11) is 0. The number of carbonyl (C=O) groups excluding carboxylic acids is 1. The van der Waals surface area contributed by atoms with Gasteiger partial charge in [0.25, 0.3) is 0 Å². The molecule has 1 amide bonds. The van der Waals surface area contributed by atoms with Gasteiger partial charge in [-0.25, -0.2) is 9.48 Å². The van der Waals surface area contributed by atoms with Crippen molar-refractivity contribution in [1.29, 1.82) is 0 Å². The number of carbonyl (C=O) groups is 2. The predicted octanol–water partition coefficient (Wildman–Crippen LogP) is -0.181. The molecule has 0 saturated heterocycles. The van der Waals surface area contributed by atoms with E-state index in [1.54, 1.807) is 31.3 Å². The molecule has 21 heavy (non-hydrogen) atoms. The maximum Gasteiger partial charge on any atom is 0.350 e. The molecular formula is C13H16N4O4. The topological polar surface area (TPSA) is 96.9 Å². The Labute approximate surface area is 120 Å². The lowest BCUT2D eigenvalue weighted by Gasteiger charge is -2.19. The van der Waals surface area contributed by atoms with E-state index in [0.29, 0.717) is 12.2 Å². The van der Waals surface area contributed by atoms with Gasteiger partial charge in [0, 0.05) is 19.3 Å². The Morgan fingerprint density at radius 2 is 2.14 bits per heavy atom. The van der Waals surface area contributed by atoms with E-state index in [1.165, 1.54) is 9.30 Å². The lowest BCUT2D eigenvalue weighted by Crippen LogP contribution is -2.37. The van der Waals surface area contributed by atoms with E-state index in [4.69, 9.17) is 5.11 Å². The van der Waals surface area contributed by atoms with Gasteiger partial charge in [0.1, 0.15) is 6.54 Å². The molecule has 8 heteroatoms. The number of carboxylic acids is 1. The Morgan fingerprint density at radius 1 is 1.38 bits per heavy atom. The molecule has 1 N–H and O–H groups in total. The average Bonchev–Trinajstić information content (AvgIpc) is 2.76. The van der Waals surface area contributed by atoms with Crippen LogP contribution in [0.3, 0.4) is 0 Å². The van der Waals surface area contributed by atoms with Crippen molar-refractivity contribution in [2.24, 2.45) is 0 Å². The van der Waals surface area contributed by atoms with Crippen molar-refractivity contribution < 1.29 is 14.7 Å². The minimum Gasteiger partial charge on any atom is -0.481 e. The van der Waals surface area contributed by atoms with Crippen LogP contribution in [0.15, 0.2) is 29.2 Å². The van der Waals surface area contributed by atoms with Crippen molar-refractivity contribution in [3.05, 3.63) is 34.9 Å². The number of rotatable bonds is 6. The summed E-state index contributed by atoms with van der Waals surface area (Å²) in [6.07, 6.45) is 1.45. The molecule has 2 heterocycles. The lowest BCUT2D eigenvalue weighted by atomic mass is 10.3. The molecule has 0 aromatic carbocycles. The van der Waals surface area contributed by atoms with Crippen LogP contribution in [0.4, 0.5) is 0 Å². The van der Waals surface area contributed by atoms with Gasteiger partial charge in [0.2, 0.25) is 5.91 Å². The van der Waals surface area contributed by atoms with E-state index >= 15 is 0 Å². The minimum absolute atomic E-state index is 0.118. The van der Waals surface area contributed by atoms with Crippen LogP contribution in [0.25, 0.3) is 5.65 Å². The van der Waals surface area contributed by atoms with Crippen molar-refractivity contribution in [2.75, 3.05) is 13.1 Å². The smallest absolute Gasteiger partial charge is 0.350 e. The number of fused-ring (bicyclic) bond motifs is 1. The summed E-state index contributed by atoms with van der Waals surface area (Å²) in [6, 6.07) is 5.12. The largest absolute Gasteiger partial charge is 0.481 e. The highest BCUT2D eigenvalue weighted by atomic mass is 16.4. The van der Waals surface area contributed by atoms with E-state index in [2.05, 4.69) is 5.10 Å². The third kappa shape index (κ3) is 3.28. The van der Waals surface area contributed by atoms with Gasteiger partial charge < -0.3 is 10.0 Å². The summed E-state index contributed by atoms with van der Waals surface area (Å²) in [5.74, 6) is -1.30. The number of hydrogen-bond acceptors (Lipinski definition) is 4. The van der Waals surface area contributed by atoms with Crippen LogP contribution in [-0.4, -0.2) is 49.2 Å². The molecule has 112 valence electrons. The first-order valence-electron chi connectivity index (χ1n) is 6.56. The fraction of sp³-hybridized carbons (Fsp3) is 0.385. The van der Waals surface area contributed by atoms with E-state index in [9.17, 15) is 14.4 Å². The van der Waals surface area contributed by atoms with Crippen molar-refractivity contribution >= 4 is 17.5 Å². The molecule has 2 rings (SSSR count). The Balaban J connectivity index is 2.15. The van der Waals surface area contributed by atoms with Crippen LogP contribution in [-0.2, 0) is 16.1 Å². The quantitative estimate of drug-likeness (QED) is 0.796. The Bertz CT molecular complexity index is 718. The number of nitrogens with zero attached hydrogens (tertiary/aromatic N) is 4. The third-order valence-corrected chi connectivity index (χ3v) is 3.10. The Kier molecular flexibility index (Phi) is 4.36. The Hall–Kier alpha value is -2.64. The summed E-state index contributed by atoms with van der Waals surface area (Å²) < 4.78 is 2.43. The molecule has 0 bridgehead atoms. The molecule has 0 unspecified atom stereocenters. The number of amides is 1. The van der Waals surface area contributed by atoms with Crippen LogP contribution in [0.2, 0.25) is 0 Å². The van der Waals surface area contributed by atoms with E-state index < -0.39 is 11.7 Å². The monoisotopic (exact) mass is 292 g/mol. The number of aromatic nitrogens is 3. The molecular weight excluding hydrogens is 276 g/mol. The van der Waals surface area contributed by atoms with Crippen molar-refractivity contribution in [3.8, 4) is 0 Å². The molecule has 8 nitrogen and oxygen atoms in total. The van der Waals surface area contributed by atoms with E-state index in [0.717, 1.165) is 4.68 Å². The van der Waals surface area contributed by atoms with Gasteiger partial charge in [-0.05, 0) is 19.1 Å². The second kappa shape index (κ2) is 6.21. The molecule has 0 saturated carbocycles. The molecule has 0 aliphatic carbocycles. The van der Waals surface area contributed by atoms with Crippen molar-refractivity contribution in [2.45, 2.75) is 19.9 Å². The predicted molar refractivity (Wildman–Crippen MR) is 74.0 cm³/mol. The zero-order valence-electron chi connectivity index (χ0n) is 11.6. The first kappa shape index (κ1) is 14.8. The second-order valence-corrected chi connectivity index (χ2v) is 4.49. The maximum atomic E-state index is 12.1. The lowest BCUT2D eigenvalue weighted by molar-refractivity contribution is -0.138. The Morgan fingerprint density at radius 3 is 2.76 bits per heavy atom. The number of aliphatic carboxylic acids is 1. The summed E-state index contributed by atoms with van der Waals surface area (Å²) in [5, 5.41) is 12.7. The fourth-order valence-electron chi connectivity index (χ4n) is 1.99. The molecule has 2 aromatic heterocycles. The SMILES string of the molecule is CCN(CCC(=O)O)C(=O)Cn1nc2ccccn2c1=O. The fourth-order valence-corrected chi connectivity index (χ4v) is 1.99. The number of hydrogen-bond donors (Lipinski definition) is 1. The summed E-state index contributed by atoms with van der Waals surface area (Å²) >= 11 is 0. The molecule has 0 aliphatic heterocycles. The van der Waals surface area contributed by atoms with Gasteiger partial charge in [0.05, 0.1) is 6.42 Å². The van der Waals surface area contributed by atoms with E-state index in [-0.39, 0.29) is 25.4 Å². The van der Waals surface area contributed by atoms with Crippen LogP contribution in [0, 0.1) is 0 Å². The maximum absolute atomic E-state index is 12.1. The molecule has 0 fully saturated rings. The van der Waals surface area contributed by atoms with Gasteiger partial charge in [-0.2, -0.15) is 0 Å². The standard InChI is InChI=1S/C13H16N4O4/c1-2-15(8-6-12(19)20)11(18)9-17-13(21)16-7-4-3-5-10(16)14-17/h3-5,7H,2,6,8-9H2,1H3,(H,19,20). The highest BCUT2D eigenvalue weighted by molar-refractivity contribution is 5.76. The minimum atomic E-state index is -0.967. The zero-order chi connectivity index (χ0) is 15.4. The van der Waals surface area contributed by atoms with Gasteiger partial charge in [-0.1, -0.05) is 6.07 Å². The van der Waals surface area contributed by atoms with Gasteiger partial charge >= 0.3 is 11.7 Å². The second-order valence-electron chi connectivity index (χ2n) is 4.49. The third-order valence-electron chi connectivity index (χ3n) is 3.10. The van der Waals surface area contributed by atoms with Crippen molar-refractivity contribution in [3.63, 3.8) is 0 Å². The summed E-state index contributed by atoms with van der Waals surface area (Å²) in [4.78, 5) is 36.1. The van der Waals surface area contributed by atoms with Crippen molar-refractivity contribution in [1.82, 2.24) is 19.1 Å². The van der Waals surface area contributed by atoms with Gasteiger partial charge in [0.15, 0.2) is 5.65 Å². The highest BCUT2D eigenvalue weighted by Crippen LogP contribution is 1.98. The molecule has 2 aromatic rings. The van der Waals surface area contributed by atoms with Crippen LogP contribution in [0.1, 0.15) is 13.3 Å². The van der Waals surface area contributed by atoms with Crippen LogP contribution < -0.4 is 5.69 Å². The van der Waals surface area contributed by atoms with Crippen LogP contribution >= 0.6 is 0 Å². The number of pyridine rings is 1. The molecule has 0 radical (unpaired) electrons. The van der Waals surface area contributed by atoms with Gasteiger partial charge in [-0.15, -0.1) is 5.10 Å². The average molecular weight is 292 g/mol. The first-order chi connectivity index (χ1) is 10.0.